The predicted molar refractivity (Wildman–Crippen MR) is 93.8 cm³/mol. The number of nitrogens with zero attached hydrogens (tertiary/aromatic N) is 2. The molecule has 4 nitrogen and oxygen atoms in total. The summed E-state index contributed by atoms with van der Waals surface area (Å²) in [4.78, 5) is 16.6. The SMILES string of the molecule is C=c1/c(=C\C=C(C)C)nc(NC(=O)CC(C)C)n1CC(C)C. The number of allylic oxidation sites excluding steroid dienone is 2. The molecule has 22 heavy (non-hydrogen) atoms. The Hall–Kier alpha value is -1.84. The maximum atomic E-state index is 12.0. The molecule has 0 aromatic carbocycles. The zero-order valence-electron chi connectivity index (χ0n) is 14.7. The third-order valence-corrected chi connectivity index (χ3v) is 3.07. The molecule has 1 rings (SSSR count). The second-order valence-electron chi connectivity index (χ2n) is 6.83. The molecule has 1 heterocycles. The number of imidazole rings is 1. The number of aromatic nitrogens is 2. The van der Waals surface area contributed by atoms with Crippen molar-refractivity contribution in [2.75, 3.05) is 5.32 Å². The van der Waals surface area contributed by atoms with Gasteiger partial charge in [0.2, 0.25) is 11.9 Å². The number of rotatable bonds is 6. The van der Waals surface area contributed by atoms with Gasteiger partial charge in [0.05, 0.1) is 10.7 Å². The van der Waals surface area contributed by atoms with Gasteiger partial charge in [-0.3, -0.25) is 10.1 Å². The fourth-order valence-electron chi connectivity index (χ4n) is 2.09. The van der Waals surface area contributed by atoms with Gasteiger partial charge in [0.15, 0.2) is 0 Å². The number of nitrogens with one attached hydrogen (secondary N) is 1. The molecule has 0 aliphatic heterocycles. The minimum atomic E-state index is -0.00114. The van der Waals surface area contributed by atoms with Gasteiger partial charge < -0.3 is 4.57 Å². The number of carbonyl (C=O) groups is 1. The molecule has 0 aliphatic carbocycles. The van der Waals surface area contributed by atoms with E-state index in [4.69, 9.17) is 0 Å². The third kappa shape index (κ3) is 5.51. The highest BCUT2D eigenvalue weighted by atomic mass is 16.1. The van der Waals surface area contributed by atoms with Crippen LogP contribution in [0.2, 0.25) is 0 Å². The van der Waals surface area contributed by atoms with Crippen molar-refractivity contribution in [1.82, 2.24) is 9.55 Å². The molecule has 0 unspecified atom stereocenters. The van der Waals surface area contributed by atoms with Crippen LogP contribution in [-0.4, -0.2) is 15.5 Å². The van der Waals surface area contributed by atoms with Crippen molar-refractivity contribution in [2.45, 2.75) is 54.5 Å². The zero-order valence-corrected chi connectivity index (χ0v) is 14.7. The fourth-order valence-corrected chi connectivity index (χ4v) is 2.09. The van der Waals surface area contributed by atoms with E-state index in [2.05, 4.69) is 30.7 Å². The van der Waals surface area contributed by atoms with Crippen molar-refractivity contribution in [3.8, 4) is 0 Å². The summed E-state index contributed by atoms with van der Waals surface area (Å²) in [5.41, 5.74) is 1.20. The first-order chi connectivity index (χ1) is 10.2. The Kier molecular flexibility index (Phi) is 6.60. The van der Waals surface area contributed by atoms with Gasteiger partial charge in [-0.2, -0.15) is 0 Å². The predicted octanol–water partition coefficient (Wildman–Crippen LogP) is 2.68. The Morgan fingerprint density at radius 3 is 2.41 bits per heavy atom. The summed E-state index contributed by atoms with van der Waals surface area (Å²) in [7, 11) is 0. The summed E-state index contributed by atoms with van der Waals surface area (Å²) in [6, 6.07) is 0. The molecule has 1 aromatic rings. The Labute approximate surface area is 133 Å². The van der Waals surface area contributed by atoms with Gasteiger partial charge in [-0.15, -0.1) is 0 Å². The van der Waals surface area contributed by atoms with Crippen molar-refractivity contribution >= 4 is 24.5 Å². The lowest BCUT2D eigenvalue weighted by Gasteiger charge is -2.12. The van der Waals surface area contributed by atoms with Gasteiger partial charge in [0, 0.05) is 13.0 Å². The Bertz CT molecular complexity index is 647. The maximum absolute atomic E-state index is 12.0. The van der Waals surface area contributed by atoms with Gasteiger partial charge >= 0.3 is 0 Å². The smallest absolute Gasteiger partial charge is 0.226 e. The van der Waals surface area contributed by atoms with E-state index in [0.717, 1.165) is 17.2 Å². The van der Waals surface area contributed by atoms with E-state index < -0.39 is 0 Å². The van der Waals surface area contributed by atoms with Crippen LogP contribution in [0.3, 0.4) is 0 Å². The van der Waals surface area contributed by atoms with Crippen LogP contribution in [0.4, 0.5) is 5.95 Å². The Morgan fingerprint density at radius 1 is 1.27 bits per heavy atom. The highest BCUT2D eigenvalue weighted by Gasteiger charge is 2.12. The van der Waals surface area contributed by atoms with E-state index in [-0.39, 0.29) is 5.91 Å². The lowest BCUT2D eigenvalue weighted by Crippen LogP contribution is -2.30. The minimum absolute atomic E-state index is 0.00114. The molecule has 0 saturated carbocycles. The first kappa shape index (κ1) is 18.2. The van der Waals surface area contributed by atoms with Gasteiger partial charge in [-0.25, -0.2) is 4.98 Å². The molecule has 0 radical (unpaired) electrons. The second-order valence-corrected chi connectivity index (χ2v) is 6.83. The van der Waals surface area contributed by atoms with Crippen LogP contribution in [0.5, 0.6) is 0 Å². The van der Waals surface area contributed by atoms with Gasteiger partial charge in [-0.1, -0.05) is 45.9 Å². The summed E-state index contributed by atoms with van der Waals surface area (Å²) in [5.74, 6) is 1.37. The van der Waals surface area contributed by atoms with E-state index in [1.54, 1.807) is 0 Å². The molecule has 4 heteroatoms. The summed E-state index contributed by atoms with van der Waals surface area (Å²) in [6.07, 6.45) is 4.46. The molecule has 0 aliphatic rings. The lowest BCUT2D eigenvalue weighted by molar-refractivity contribution is -0.116. The number of hydrogen-bond donors (Lipinski definition) is 1. The molecule has 1 amide bonds. The highest BCUT2D eigenvalue weighted by Crippen LogP contribution is 2.06. The first-order valence-corrected chi connectivity index (χ1v) is 7.91. The van der Waals surface area contributed by atoms with Crippen LogP contribution in [0.15, 0.2) is 11.6 Å². The standard InChI is InChI=1S/C18H29N3O/c1-12(2)8-9-16-15(7)21(11-14(5)6)18(19-16)20-17(22)10-13(3)4/h8-9,13-14H,7,10-11H2,1-6H3,(H,19,20,22)/b16-9+. The van der Waals surface area contributed by atoms with Crippen LogP contribution >= 0.6 is 0 Å². The molecule has 0 atom stereocenters. The average Bonchev–Trinajstić information content (AvgIpc) is 2.63. The van der Waals surface area contributed by atoms with Crippen LogP contribution < -0.4 is 16.0 Å². The van der Waals surface area contributed by atoms with Crippen LogP contribution in [0, 0.1) is 11.8 Å². The molecule has 0 saturated heterocycles. The number of anilines is 1. The normalized spacial score (nSPS) is 12.1. The molecule has 1 aromatic heterocycles. The monoisotopic (exact) mass is 303 g/mol. The van der Waals surface area contributed by atoms with E-state index in [1.165, 1.54) is 5.57 Å². The van der Waals surface area contributed by atoms with E-state index in [1.807, 2.05) is 44.4 Å². The number of carbonyl (C=O) groups excluding carboxylic acids is 1. The Morgan fingerprint density at radius 2 is 1.91 bits per heavy atom. The molecule has 122 valence electrons. The fraction of sp³-hybridized carbons (Fsp3) is 0.556. The average molecular weight is 303 g/mol. The van der Waals surface area contributed by atoms with Gasteiger partial charge in [-0.05, 0) is 31.8 Å². The zero-order chi connectivity index (χ0) is 16.9. The second kappa shape index (κ2) is 7.97. The molecule has 1 N–H and O–H groups in total. The maximum Gasteiger partial charge on any atom is 0.226 e. The highest BCUT2D eigenvalue weighted by molar-refractivity contribution is 5.89. The summed E-state index contributed by atoms with van der Waals surface area (Å²) in [5, 5.41) is 4.57. The molecular weight excluding hydrogens is 274 g/mol. The van der Waals surface area contributed by atoms with Gasteiger partial charge in [0.25, 0.3) is 0 Å². The van der Waals surface area contributed by atoms with Crippen molar-refractivity contribution in [3.05, 3.63) is 22.3 Å². The van der Waals surface area contributed by atoms with E-state index in [9.17, 15) is 4.79 Å². The van der Waals surface area contributed by atoms with Crippen molar-refractivity contribution < 1.29 is 4.79 Å². The molecule has 0 spiro atoms. The van der Waals surface area contributed by atoms with E-state index in [0.29, 0.717) is 24.2 Å². The van der Waals surface area contributed by atoms with Crippen LogP contribution in [0.25, 0.3) is 12.7 Å². The topological polar surface area (TPSA) is 46.9 Å². The van der Waals surface area contributed by atoms with Crippen molar-refractivity contribution in [3.63, 3.8) is 0 Å². The lowest BCUT2D eigenvalue weighted by atomic mass is 10.1. The Balaban J connectivity index is 3.22. The first-order valence-electron chi connectivity index (χ1n) is 7.91. The molecule has 0 fully saturated rings. The third-order valence-electron chi connectivity index (χ3n) is 3.07. The largest absolute Gasteiger partial charge is 0.310 e. The summed E-state index contributed by atoms with van der Waals surface area (Å²) >= 11 is 0. The van der Waals surface area contributed by atoms with Crippen molar-refractivity contribution in [2.24, 2.45) is 11.8 Å². The molecule has 0 bridgehead atoms. The molecular formula is C18H29N3O. The number of amides is 1. The van der Waals surface area contributed by atoms with Crippen LogP contribution in [-0.2, 0) is 11.3 Å². The quantitative estimate of drug-likeness (QED) is 0.878. The summed E-state index contributed by atoms with van der Waals surface area (Å²) in [6.45, 7) is 17.3. The minimum Gasteiger partial charge on any atom is -0.310 e. The van der Waals surface area contributed by atoms with Gasteiger partial charge in [0.1, 0.15) is 0 Å². The van der Waals surface area contributed by atoms with Crippen molar-refractivity contribution in [1.29, 1.82) is 0 Å². The summed E-state index contributed by atoms with van der Waals surface area (Å²) < 4.78 is 1.99. The van der Waals surface area contributed by atoms with E-state index >= 15 is 0 Å². The number of hydrogen-bond acceptors (Lipinski definition) is 2. The van der Waals surface area contributed by atoms with Crippen LogP contribution in [0.1, 0.15) is 48.0 Å².